The van der Waals surface area contributed by atoms with Crippen molar-refractivity contribution in [3.05, 3.63) is 59.4 Å². The lowest BCUT2D eigenvalue weighted by Gasteiger charge is -2.39. The van der Waals surface area contributed by atoms with E-state index in [0.717, 1.165) is 24.3 Å². The Labute approximate surface area is 214 Å². The van der Waals surface area contributed by atoms with Crippen molar-refractivity contribution in [3.8, 4) is 0 Å². The van der Waals surface area contributed by atoms with E-state index in [1.165, 1.54) is 0 Å². The highest BCUT2D eigenvalue weighted by atomic mass is 35.5. The molecular weight excluding hydrogens is 475 g/mol. The SMILES string of the molecule is COC[C@H]1CN[C@H](C)CN1CC(=O)N1CC(C)(C)c2cnc(C(=O)c3ccccc3)cc21.Cl.Cl. The molecule has 2 aliphatic rings. The van der Waals surface area contributed by atoms with Crippen LogP contribution in [0.1, 0.15) is 42.4 Å². The van der Waals surface area contributed by atoms with Gasteiger partial charge in [0, 0.05) is 61.6 Å². The molecule has 0 unspecified atom stereocenters. The minimum absolute atomic E-state index is 0. The monoisotopic (exact) mass is 508 g/mol. The number of ketones is 1. The third-order valence-corrected chi connectivity index (χ3v) is 6.45. The molecule has 0 radical (unpaired) electrons. The zero-order valence-electron chi connectivity index (χ0n) is 20.1. The van der Waals surface area contributed by atoms with Gasteiger partial charge in [0.15, 0.2) is 0 Å². The van der Waals surface area contributed by atoms with E-state index in [1.807, 2.05) is 23.1 Å². The topological polar surface area (TPSA) is 74.8 Å². The van der Waals surface area contributed by atoms with Crippen LogP contribution >= 0.6 is 24.8 Å². The summed E-state index contributed by atoms with van der Waals surface area (Å²) < 4.78 is 5.37. The van der Waals surface area contributed by atoms with Crippen molar-refractivity contribution in [2.24, 2.45) is 0 Å². The molecule has 1 amide bonds. The molecule has 0 bridgehead atoms. The molecule has 34 heavy (non-hydrogen) atoms. The van der Waals surface area contributed by atoms with Gasteiger partial charge >= 0.3 is 0 Å². The Morgan fingerprint density at radius 3 is 2.59 bits per heavy atom. The van der Waals surface area contributed by atoms with Crippen LogP contribution in [0.15, 0.2) is 42.6 Å². The Kier molecular flexibility index (Phi) is 9.62. The van der Waals surface area contributed by atoms with E-state index in [1.54, 1.807) is 31.5 Å². The van der Waals surface area contributed by atoms with Crippen LogP contribution in [0.4, 0.5) is 5.69 Å². The molecule has 7 nitrogen and oxygen atoms in total. The number of anilines is 1. The minimum Gasteiger partial charge on any atom is -0.383 e. The second kappa shape index (κ2) is 11.6. The average Bonchev–Trinajstić information content (AvgIpc) is 3.06. The number of carbonyl (C=O) groups excluding carboxylic acids is 2. The summed E-state index contributed by atoms with van der Waals surface area (Å²) in [6, 6.07) is 11.4. The number of halogens is 2. The van der Waals surface area contributed by atoms with Crippen LogP contribution in [0, 0.1) is 0 Å². The Bertz CT molecular complexity index is 1000. The fourth-order valence-corrected chi connectivity index (χ4v) is 4.68. The molecule has 9 heteroatoms. The van der Waals surface area contributed by atoms with Gasteiger partial charge in [0.2, 0.25) is 11.7 Å². The standard InChI is InChI=1S/C25H32N4O3.2ClH/c1-17-13-28(19(11-26-17)15-32-4)14-23(30)29-16-25(2,3)20-12-27-21(10-22(20)29)24(31)18-8-6-5-7-9-18;;/h5-10,12,17,19,26H,11,13-16H2,1-4H3;2*1H/t17-,19-;;/m1../s1. The third-order valence-electron chi connectivity index (χ3n) is 6.45. The molecule has 0 saturated carbocycles. The molecule has 0 aliphatic carbocycles. The number of nitrogens with zero attached hydrogens (tertiary/aromatic N) is 3. The lowest BCUT2D eigenvalue weighted by atomic mass is 9.88. The number of ether oxygens (including phenoxy) is 1. The minimum atomic E-state index is -0.227. The summed E-state index contributed by atoms with van der Waals surface area (Å²) in [7, 11) is 1.69. The van der Waals surface area contributed by atoms with Gasteiger partial charge in [-0.05, 0) is 13.0 Å². The Morgan fingerprint density at radius 1 is 1.21 bits per heavy atom. The van der Waals surface area contributed by atoms with E-state index in [-0.39, 0.29) is 48.0 Å². The van der Waals surface area contributed by atoms with E-state index in [4.69, 9.17) is 4.74 Å². The molecule has 1 aromatic carbocycles. The first-order valence-corrected chi connectivity index (χ1v) is 11.2. The Hall–Kier alpha value is -2.03. The van der Waals surface area contributed by atoms with Crippen LogP contribution in [0.2, 0.25) is 0 Å². The highest BCUT2D eigenvalue weighted by Gasteiger charge is 2.40. The van der Waals surface area contributed by atoms with Gasteiger partial charge in [-0.2, -0.15) is 0 Å². The molecule has 4 rings (SSSR count). The first kappa shape index (κ1) is 28.2. The quantitative estimate of drug-likeness (QED) is 0.604. The lowest BCUT2D eigenvalue weighted by Crippen LogP contribution is -2.59. The maximum absolute atomic E-state index is 13.5. The molecule has 1 saturated heterocycles. The second-order valence-corrected chi connectivity index (χ2v) is 9.49. The molecule has 0 spiro atoms. The number of nitrogens with one attached hydrogen (secondary N) is 1. The predicted molar refractivity (Wildman–Crippen MR) is 139 cm³/mol. The molecule has 1 fully saturated rings. The first-order valence-electron chi connectivity index (χ1n) is 11.2. The number of rotatable bonds is 6. The van der Waals surface area contributed by atoms with Gasteiger partial charge in [0.25, 0.3) is 0 Å². The molecular formula is C25H34Cl2N4O3. The summed E-state index contributed by atoms with van der Waals surface area (Å²) in [5.74, 6) is -0.0991. The number of pyridine rings is 1. The van der Waals surface area contributed by atoms with Crippen molar-refractivity contribution < 1.29 is 14.3 Å². The summed E-state index contributed by atoms with van der Waals surface area (Å²) in [4.78, 5) is 34.9. The van der Waals surface area contributed by atoms with Crippen LogP contribution in [0.25, 0.3) is 0 Å². The van der Waals surface area contributed by atoms with E-state index in [2.05, 4.69) is 36.0 Å². The van der Waals surface area contributed by atoms with Crippen LogP contribution in [0.3, 0.4) is 0 Å². The maximum Gasteiger partial charge on any atom is 0.241 e. The number of aromatic nitrogens is 1. The van der Waals surface area contributed by atoms with Gasteiger partial charge in [-0.3, -0.25) is 19.5 Å². The number of fused-ring (bicyclic) bond motifs is 1. The average molecular weight is 509 g/mol. The van der Waals surface area contributed by atoms with E-state index < -0.39 is 0 Å². The van der Waals surface area contributed by atoms with E-state index >= 15 is 0 Å². The van der Waals surface area contributed by atoms with Gasteiger partial charge in [0.05, 0.1) is 18.8 Å². The fourth-order valence-electron chi connectivity index (χ4n) is 4.68. The Balaban J connectivity index is 0.00000204. The van der Waals surface area contributed by atoms with Crippen molar-refractivity contribution in [1.82, 2.24) is 15.2 Å². The Morgan fingerprint density at radius 2 is 1.91 bits per heavy atom. The molecule has 1 N–H and O–H groups in total. The van der Waals surface area contributed by atoms with Gasteiger partial charge in [-0.1, -0.05) is 44.2 Å². The third kappa shape index (κ3) is 5.78. The highest BCUT2D eigenvalue weighted by molar-refractivity contribution is 6.09. The predicted octanol–water partition coefficient (Wildman–Crippen LogP) is 3.09. The van der Waals surface area contributed by atoms with E-state index in [0.29, 0.717) is 37.0 Å². The van der Waals surface area contributed by atoms with Crippen LogP contribution in [-0.4, -0.2) is 73.6 Å². The summed E-state index contributed by atoms with van der Waals surface area (Å²) in [5, 5.41) is 3.46. The number of hydrogen-bond acceptors (Lipinski definition) is 6. The fraction of sp³-hybridized carbons (Fsp3) is 0.480. The van der Waals surface area contributed by atoms with Gasteiger partial charge in [0.1, 0.15) is 5.69 Å². The normalized spacial score (nSPS) is 21.2. The van der Waals surface area contributed by atoms with Gasteiger partial charge < -0.3 is 15.0 Å². The van der Waals surface area contributed by atoms with E-state index in [9.17, 15) is 9.59 Å². The maximum atomic E-state index is 13.5. The van der Waals surface area contributed by atoms with Crippen LogP contribution < -0.4 is 10.2 Å². The first-order chi connectivity index (χ1) is 15.3. The second-order valence-electron chi connectivity index (χ2n) is 9.49. The summed E-state index contributed by atoms with van der Waals surface area (Å²) in [6.45, 7) is 9.40. The molecule has 3 heterocycles. The zero-order chi connectivity index (χ0) is 22.9. The number of benzene rings is 1. The number of piperazine rings is 1. The summed E-state index contributed by atoms with van der Waals surface area (Å²) >= 11 is 0. The van der Waals surface area contributed by atoms with Crippen LogP contribution in [-0.2, 0) is 14.9 Å². The van der Waals surface area contributed by atoms with Crippen molar-refractivity contribution >= 4 is 42.2 Å². The van der Waals surface area contributed by atoms with Gasteiger partial charge in [-0.15, -0.1) is 24.8 Å². The number of methoxy groups -OCH3 is 1. The van der Waals surface area contributed by atoms with Gasteiger partial charge in [-0.25, -0.2) is 0 Å². The number of carbonyl (C=O) groups is 2. The molecule has 1 aromatic heterocycles. The highest BCUT2D eigenvalue weighted by Crippen LogP contribution is 2.40. The number of amides is 1. The lowest BCUT2D eigenvalue weighted by molar-refractivity contribution is -0.121. The molecule has 186 valence electrons. The molecule has 2 aliphatic heterocycles. The van der Waals surface area contributed by atoms with Crippen molar-refractivity contribution in [3.63, 3.8) is 0 Å². The summed E-state index contributed by atoms with van der Waals surface area (Å²) in [6.07, 6.45) is 1.76. The van der Waals surface area contributed by atoms with Crippen molar-refractivity contribution in [2.75, 3.05) is 44.8 Å². The number of hydrogen-bond donors (Lipinski definition) is 1. The zero-order valence-corrected chi connectivity index (χ0v) is 21.7. The van der Waals surface area contributed by atoms with Crippen molar-refractivity contribution in [2.45, 2.75) is 38.3 Å². The molecule has 2 atom stereocenters. The summed E-state index contributed by atoms with van der Waals surface area (Å²) in [5.41, 5.74) is 2.51. The largest absolute Gasteiger partial charge is 0.383 e. The smallest absolute Gasteiger partial charge is 0.241 e. The molecule has 2 aromatic rings. The van der Waals surface area contributed by atoms with Crippen LogP contribution in [0.5, 0.6) is 0 Å². The van der Waals surface area contributed by atoms with Crippen molar-refractivity contribution in [1.29, 1.82) is 0 Å².